The van der Waals surface area contributed by atoms with Crippen LogP contribution in [0.1, 0.15) is 0 Å². The Bertz CT molecular complexity index is 7910. The van der Waals surface area contributed by atoms with Crippen molar-refractivity contribution in [3.8, 4) is 89.0 Å². The van der Waals surface area contributed by atoms with Crippen molar-refractivity contribution < 1.29 is 4.42 Å². The highest BCUT2D eigenvalue weighted by Crippen LogP contribution is 2.52. The van der Waals surface area contributed by atoms with E-state index >= 15 is 0 Å². The van der Waals surface area contributed by atoms with E-state index in [0.717, 1.165) is 101 Å². The molecule has 4 aromatic heterocycles. The predicted molar refractivity (Wildman–Crippen MR) is 500 cm³/mol. The van der Waals surface area contributed by atoms with E-state index in [4.69, 9.17) is 4.42 Å². The molecule has 0 amide bonds. The minimum atomic E-state index is 0.876. The Morgan fingerprint density at radius 3 is 1.22 bits per heavy atom. The highest BCUT2D eigenvalue weighted by molar-refractivity contribution is 7.27. The van der Waals surface area contributed by atoms with Crippen LogP contribution in [0.5, 0.6) is 0 Å². The van der Waals surface area contributed by atoms with Crippen molar-refractivity contribution in [1.29, 1.82) is 0 Å². The molecule has 6 heteroatoms. The standard InChI is InChI=1S/C110H68N2OS3/c1-2-23-70-60-75(53-52-69(70)22-1)73-26-15-31-84(65-73)111(83-30-14-25-72(64-83)71-24-13-28-81(63-71)88-40-18-44-97-92-37-6-11-49-103(92)115-109(88)97)101-47-9-4-35-90(101)96-43-20-45-98-93-59-58-80(68-106(93)116-110(96)98)79-57-56-77-61-76(54-55-78(77)62-79)74-27-16-32-85(66-74)112(86-33-17-29-82(67-86)87-39-21-51-105-107(87)99-38-7-12-50-104(99)114-105)100-46-8-3-34-89(100)94-41-19-42-95-91-36-5-10-48-102(91)113-108(94)95/h1-68H. The maximum absolute atomic E-state index is 6.78. The average Bonchev–Trinajstić information content (AvgIpc) is 1.44. The second kappa shape index (κ2) is 27.8. The Balaban J connectivity index is 0.595. The first-order valence-electron chi connectivity index (χ1n) is 39.5. The second-order valence-electron chi connectivity index (χ2n) is 30.2. The summed E-state index contributed by atoms with van der Waals surface area (Å²) in [6.45, 7) is 0. The van der Waals surface area contributed by atoms with E-state index in [1.807, 2.05) is 40.1 Å². The lowest BCUT2D eigenvalue weighted by atomic mass is 9.96. The second-order valence-corrected chi connectivity index (χ2v) is 33.3. The molecule has 542 valence electrons. The van der Waals surface area contributed by atoms with Gasteiger partial charge in [-0.15, -0.1) is 34.0 Å². The van der Waals surface area contributed by atoms with Gasteiger partial charge in [-0.1, -0.05) is 297 Å². The summed E-state index contributed by atoms with van der Waals surface area (Å²) in [5.41, 5.74) is 26.7. The number of para-hydroxylation sites is 4. The van der Waals surface area contributed by atoms with E-state index in [2.05, 4.69) is 416 Å². The summed E-state index contributed by atoms with van der Waals surface area (Å²) in [5, 5.41) is 14.7. The first kappa shape index (κ1) is 67.5. The third-order valence-corrected chi connectivity index (χ3v) is 27.0. The molecule has 23 rings (SSSR count). The fourth-order valence-corrected chi connectivity index (χ4v) is 21.6. The average molecular weight is 1530 g/mol. The van der Waals surface area contributed by atoms with Gasteiger partial charge in [0, 0.05) is 116 Å². The van der Waals surface area contributed by atoms with Gasteiger partial charge in [0.15, 0.2) is 0 Å². The quantitative estimate of drug-likeness (QED) is 0.108. The lowest BCUT2D eigenvalue weighted by Crippen LogP contribution is -2.11. The van der Waals surface area contributed by atoms with E-state index in [1.54, 1.807) is 0 Å². The Morgan fingerprint density at radius 2 is 0.569 bits per heavy atom. The minimum Gasteiger partial charge on any atom is -0.455 e. The van der Waals surface area contributed by atoms with E-state index in [9.17, 15) is 0 Å². The summed E-state index contributed by atoms with van der Waals surface area (Å²) in [4.78, 5) is 4.92. The van der Waals surface area contributed by atoms with E-state index in [1.165, 1.54) is 127 Å². The number of benzene rings is 19. The van der Waals surface area contributed by atoms with E-state index in [-0.39, 0.29) is 0 Å². The monoisotopic (exact) mass is 1530 g/mol. The van der Waals surface area contributed by atoms with Crippen molar-refractivity contribution in [2.45, 2.75) is 0 Å². The SMILES string of the molecule is c1cc(-c2cccc(N(c3cccc(-c4ccc5ccccc5c4)c3)c3ccccc3-c3cccc4c3sc3cc(-c5ccc6cc(-c7cccc(N(c8cccc(-c9cccc%10sc%11ccccc%11c9%10)c8)c8ccccc8-c8cccc9c8oc8ccccc89)c7)ccc6c5)ccc34)c2)cc(-c2cccc3c2sc2ccccc23)c1. The molecule has 3 nitrogen and oxygen atoms in total. The van der Waals surface area contributed by atoms with Crippen LogP contribution in [-0.4, -0.2) is 0 Å². The molecule has 0 saturated heterocycles. The Kier molecular flexibility index (Phi) is 16.2. The zero-order chi connectivity index (χ0) is 76.3. The Morgan fingerprint density at radius 1 is 0.190 bits per heavy atom. The van der Waals surface area contributed by atoms with Gasteiger partial charge in [0.1, 0.15) is 11.2 Å². The molecule has 0 fully saturated rings. The molecule has 116 heavy (non-hydrogen) atoms. The Labute approximate surface area is 682 Å². The van der Waals surface area contributed by atoms with Gasteiger partial charge in [-0.3, -0.25) is 0 Å². The molecule has 0 spiro atoms. The van der Waals surface area contributed by atoms with E-state index < -0.39 is 0 Å². The van der Waals surface area contributed by atoms with Crippen LogP contribution in [0, 0.1) is 0 Å². The largest absolute Gasteiger partial charge is 0.455 e. The van der Waals surface area contributed by atoms with Crippen LogP contribution in [0.2, 0.25) is 0 Å². The lowest BCUT2D eigenvalue weighted by molar-refractivity contribution is 0.670. The maximum Gasteiger partial charge on any atom is 0.143 e. The van der Waals surface area contributed by atoms with Crippen molar-refractivity contribution in [3.05, 3.63) is 413 Å². The molecule has 0 N–H and O–H groups in total. The predicted octanol–water partition coefficient (Wildman–Crippen LogP) is 33.3. The van der Waals surface area contributed by atoms with Gasteiger partial charge in [0.05, 0.1) is 11.4 Å². The normalized spacial score (nSPS) is 11.8. The van der Waals surface area contributed by atoms with Crippen LogP contribution in [0.4, 0.5) is 34.1 Å². The molecular weight excluding hydrogens is 1460 g/mol. The van der Waals surface area contributed by atoms with Gasteiger partial charge in [-0.2, -0.15) is 0 Å². The number of furan rings is 1. The molecular formula is C110H68N2OS3. The zero-order valence-corrected chi connectivity index (χ0v) is 65.2. The molecule has 0 aliphatic rings. The van der Waals surface area contributed by atoms with Crippen molar-refractivity contribution in [2.75, 3.05) is 9.80 Å². The van der Waals surface area contributed by atoms with Gasteiger partial charge in [-0.05, 0) is 204 Å². The molecule has 19 aromatic carbocycles. The zero-order valence-electron chi connectivity index (χ0n) is 62.8. The summed E-state index contributed by atoms with van der Waals surface area (Å²) in [6.07, 6.45) is 0. The van der Waals surface area contributed by atoms with Gasteiger partial charge < -0.3 is 14.2 Å². The molecule has 4 heterocycles. The van der Waals surface area contributed by atoms with Crippen molar-refractivity contribution in [3.63, 3.8) is 0 Å². The maximum atomic E-state index is 6.78. The summed E-state index contributed by atoms with van der Waals surface area (Å²) in [6, 6.07) is 153. The highest BCUT2D eigenvalue weighted by atomic mass is 32.1. The lowest BCUT2D eigenvalue weighted by Gasteiger charge is -2.29. The third-order valence-electron chi connectivity index (χ3n) is 23.4. The van der Waals surface area contributed by atoms with Gasteiger partial charge >= 0.3 is 0 Å². The first-order valence-corrected chi connectivity index (χ1v) is 41.9. The molecule has 0 radical (unpaired) electrons. The molecule has 0 saturated carbocycles. The smallest absolute Gasteiger partial charge is 0.143 e. The number of fused-ring (bicyclic) bond motifs is 14. The molecule has 0 bridgehead atoms. The van der Waals surface area contributed by atoms with Crippen molar-refractivity contribution in [2.24, 2.45) is 0 Å². The van der Waals surface area contributed by atoms with Crippen LogP contribution in [0.25, 0.3) is 193 Å². The van der Waals surface area contributed by atoms with Crippen LogP contribution in [0.3, 0.4) is 0 Å². The molecule has 0 unspecified atom stereocenters. The number of rotatable bonds is 14. The highest BCUT2D eigenvalue weighted by Gasteiger charge is 2.26. The summed E-state index contributed by atoms with van der Waals surface area (Å²) < 4.78 is 14.5. The minimum absolute atomic E-state index is 0.876. The Hall–Kier alpha value is -14.2. The fourth-order valence-electron chi connectivity index (χ4n) is 17.9. The van der Waals surface area contributed by atoms with Crippen LogP contribution < -0.4 is 9.80 Å². The summed E-state index contributed by atoms with van der Waals surface area (Å²) in [5.74, 6) is 0. The summed E-state index contributed by atoms with van der Waals surface area (Å²) >= 11 is 5.62. The van der Waals surface area contributed by atoms with Gasteiger partial charge in [0.2, 0.25) is 0 Å². The van der Waals surface area contributed by atoms with Gasteiger partial charge in [-0.25, -0.2) is 0 Å². The van der Waals surface area contributed by atoms with Gasteiger partial charge in [0.25, 0.3) is 0 Å². The van der Waals surface area contributed by atoms with E-state index in [0.29, 0.717) is 0 Å². The molecule has 23 aromatic rings. The molecule has 0 aliphatic heterocycles. The third kappa shape index (κ3) is 11.6. The number of hydrogen-bond donors (Lipinski definition) is 0. The fraction of sp³-hybridized carbons (Fsp3) is 0. The van der Waals surface area contributed by atoms with Crippen LogP contribution >= 0.6 is 34.0 Å². The first-order chi connectivity index (χ1) is 57.5. The topological polar surface area (TPSA) is 19.6 Å². The summed E-state index contributed by atoms with van der Waals surface area (Å²) in [7, 11) is 0. The van der Waals surface area contributed by atoms with Crippen molar-refractivity contribution >= 4 is 172 Å². The molecule has 0 aliphatic carbocycles. The number of hydrogen-bond acceptors (Lipinski definition) is 6. The molecule has 0 atom stereocenters. The number of anilines is 6. The number of nitrogens with zero attached hydrogens (tertiary/aromatic N) is 2. The van der Waals surface area contributed by atoms with Crippen LogP contribution in [-0.2, 0) is 0 Å². The van der Waals surface area contributed by atoms with Crippen molar-refractivity contribution in [1.82, 2.24) is 0 Å². The van der Waals surface area contributed by atoms with Crippen LogP contribution in [0.15, 0.2) is 417 Å². The number of thiophene rings is 3.